The van der Waals surface area contributed by atoms with E-state index in [0.29, 0.717) is 19.7 Å². The van der Waals surface area contributed by atoms with Crippen LogP contribution in [0.4, 0.5) is 0 Å². The van der Waals surface area contributed by atoms with Crippen LogP contribution < -0.4 is 0 Å². The maximum absolute atomic E-state index is 12.8. The summed E-state index contributed by atoms with van der Waals surface area (Å²) in [5.74, 6) is 0. The van der Waals surface area contributed by atoms with Crippen LogP contribution in [-0.2, 0) is 14.8 Å². The van der Waals surface area contributed by atoms with Crippen LogP contribution in [0.3, 0.4) is 0 Å². The first-order chi connectivity index (χ1) is 13.0. The van der Waals surface area contributed by atoms with E-state index in [0.717, 1.165) is 45.2 Å². The number of pyridine rings is 1. The number of aliphatic hydroxyl groups excluding tert-OH is 1. The quantitative estimate of drug-likeness (QED) is 0.804. The summed E-state index contributed by atoms with van der Waals surface area (Å²) in [7, 11) is -3.51. The first kappa shape index (κ1) is 19.3. The summed E-state index contributed by atoms with van der Waals surface area (Å²) in [6.45, 7) is 3.90. The maximum atomic E-state index is 12.8. The van der Waals surface area contributed by atoms with Crippen LogP contribution in [0.2, 0.25) is 0 Å². The predicted octanol–water partition coefficient (Wildman–Crippen LogP) is 1.10. The second-order valence-corrected chi connectivity index (χ2v) is 10.1. The molecule has 150 valence electrons. The molecule has 27 heavy (non-hydrogen) atoms. The monoisotopic (exact) mass is 395 g/mol. The van der Waals surface area contributed by atoms with Gasteiger partial charge in [0.15, 0.2) is 5.03 Å². The molecule has 0 bridgehead atoms. The van der Waals surface area contributed by atoms with Crippen LogP contribution in [-0.4, -0.2) is 79.3 Å². The van der Waals surface area contributed by atoms with E-state index < -0.39 is 10.0 Å². The molecule has 7 nitrogen and oxygen atoms in total. The van der Waals surface area contributed by atoms with Gasteiger partial charge in [-0.2, -0.15) is 4.31 Å². The van der Waals surface area contributed by atoms with Crippen LogP contribution in [0.25, 0.3) is 0 Å². The average Bonchev–Trinajstić information content (AvgIpc) is 3.30. The number of hydrogen-bond donors (Lipinski definition) is 1. The Labute approximate surface area is 161 Å². The zero-order valence-corrected chi connectivity index (χ0v) is 16.5. The number of aromatic nitrogens is 1. The van der Waals surface area contributed by atoms with Gasteiger partial charge in [0, 0.05) is 31.9 Å². The summed E-state index contributed by atoms with van der Waals surface area (Å²) >= 11 is 0. The predicted molar refractivity (Wildman–Crippen MR) is 101 cm³/mol. The molecule has 0 radical (unpaired) electrons. The fraction of sp³-hybridized carbons (Fsp3) is 0.737. The molecule has 0 aromatic carbocycles. The Morgan fingerprint density at radius 3 is 2.78 bits per heavy atom. The van der Waals surface area contributed by atoms with Crippen molar-refractivity contribution in [2.24, 2.45) is 5.41 Å². The lowest BCUT2D eigenvalue weighted by atomic mass is 9.77. The summed E-state index contributed by atoms with van der Waals surface area (Å²) in [6, 6.07) is 5.26. The number of sulfonamides is 1. The highest BCUT2D eigenvalue weighted by molar-refractivity contribution is 7.89. The van der Waals surface area contributed by atoms with Gasteiger partial charge >= 0.3 is 0 Å². The lowest BCUT2D eigenvalue weighted by Crippen LogP contribution is -2.44. The third-order valence-corrected chi connectivity index (χ3v) is 8.27. The molecule has 1 N–H and O–H groups in total. The standard InChI is InChI=1S/C19H29N3O4S/c23-14-16-4-3-9-21(16)13-17-12-19(15-26-17)6-10-22(11-7-19)27(24,25)18-5-1-2-8-20-18/h1-2,5,8,16-17,23H,3-4,6-7,9-15H2/t16-,17?/m0/s1. The maximum Gasteiger partial charge on any atom is 0.260 e. The summed E-state index contributed by atoms with van der Waals surface area (Å²) < 4.78 is 33.2. The van der Waals surface area contributed by atoms with E-state index in [1.807, 2.05) is 0 Å². The van der Waals surface area contributed by atoms with Gasteiger partial charge < -0.3 is 9.84 Å². The van der Waals surface area contributed by atoms with Crippen LogP contribution in [0.15, 0.2) is 29.4 Å². The Bertz CT molecular complexity index is 735. The molecule has 3 saturated heterocycles. The smallest absolute Gasteiger partial charge is 0.260 e. The number of likely N-dealkylation sites (tertiary alicyclic amines) is 1. The molecular formula is C19H29N3O4S. The van der Waals surface area contributed by atoms with Gasteiger partial charge in [0.25, 0.3) is 10.0 Å². The van der Waals surface area contributed by atoms with Crippen molar-refractivity contribution in [3.8, 4) is 0 Å². The molecule has 1 unspecified atom stereocenters. The molecule has 3 aliphatic rings. The van der Waals surface area contributed by atoms with Crippen molar-refractivity contribution in [1.29, 1.82) is 0 Å². The lowest BCUT2D eigenvalue weighted by molar-refractivity contribution is 0.0480. The molecule has 1 spiro atoms. The topological polar surface area (TPSA) is 83.0 Å². The minimum atomic E-state index is -3.51. The summed E-state index contributed by atoms with van der Waals surface area (Å²) in [4.78, 5) is 6.37. The Kier molecular flexibility index (Phi) is 5.53. The molecule has 1 aromatic rings. The molecule has 4 heterocycles. The molecule has 8 heteroatoms. The SMILES string of the molecule is O=S(=O)(c1ccccn1)N1CCC2(CC1)COC(CN1CCC[C@H]1CO)C2. The van der Waals surface area contributed by atoms with E-state index in [9.17, 15) is 13.5 Å². The molecule has 0 aliphatic carbocycles. The van der Waals surface area contributed by atoms with Crippen LogP contribution in [0.5, 0.6) is 0 Å². The molecule has 0 saturated carbocycles. The second kappa shape index (κ2) is 7.75. The fourth-order valence-electron chi connectivity index (χ4n) is 4.80. The summed E-state index contributed by atoms with van der Waals surface area (Å²) in [6.07, 6.45) is 6.57. The van der Waals surface area contributed by atoms with E-state index in [1.165, 1.54) is 6.20 Å². The van der Waals surface area contributed by atoms with Crippen molar-refractivity contribution in [2.75, 3.05) is 39.4 Å². The molecule has 1 aromatic heterocycles. The Morgan fingerprint density at radius 1 is 1.26 bits per heavy atom. The lowest BCUT2D eigenvalue weighted by Gasteiger charge is -2.37. The van der Waals surface area contributed by atoms with Gasteiger partial charge in [-0.25, -0.2) is 13.4 Å². The van der Waals surface area contributed by atoms with Crippen molar-refractivity contribution in [1.82, 2.24) is 14.2 Å². The minimum absolute atomic E-state index is 0.0925. The van der Waals surface area contributed by atoms with Gasteiger partial charge in [0.05, 0.1) is 19.3 Å². The van der Waals surface area contributed by atoms with E-state index in [1.54, 1.807) is 22.5 Å². The van der Waals surface area contributed by atoms with Crippen molar-refractivity contribution < 1.29 is 18.3 Å². The third kappa shape index (κ3) is 3.91. The summed E-state index contributed by atoms with van der Waals surface area (Å²) in [5, 5.41) is 9.63. The van der Waals surface area contributed by atoms with Crippen molar-refractivity contribution in [2.45, 2.75) is 49.3 Å². The largest absolute Gasteiger partial charge is 0.395 e. The van der Waals surface area contributed by atoms with Crippen LogP contribution in [0.1, 0.15) is 32.1 Å². The molecular weight excluding hydrogens is 366 g/mol. The Hall–Kier alpha value is -1.06. The zero-order chi connectivity index (χ0) is 18.9. The molecule has 0 amide bonds. The highest BCUT2D eigenvalue weighted by Gasteiger charge is 2.45. The van der Waals surface area contributed by atoms with Gasteiger partial charge in [-0.1, -0.05) is 6.07 Å². The number of piperidine rings is 1. The van der Waals surface area contributed by atoms with Crippen molar-refractivity contribution in [3.63, 3.8) is 0 Å². The number of ether oxygens (including phenoxy) is 1. The molecule has 3 fully saturated rings. The molecule has 4 rings (SSSR count). The van der Waals surface area contributed by atoms with Gasteiger partial charge in [-0.3, -0.25) is 4.90 Å². The molecule has 3 aliphatic heterocycles. The second-order valence-electron chi connectivity index (χ2n) is 8.18. The fourth-order valence-corrected chi connectivity index (χ4v) is 6.17. The third-order valence-electron chi connectivity index (χ3n) is 6.46. The van der Waals surface area contributed by atoms with Gasteiger partial charge in [0.1, 0.15) is 0 Å². The Balaban J connectivity index is 1.34. The minimum Gasteiger partial charge on any atom is -0.395 e. The van der Waals surface area contributed by atoms with Crippen LogP contribution in [0, 0.1) is 5.41 Å². The van der Waals surface area contributed by atoms with Gasteiger partial charge in [-0.15, -0.1) is 0 Å². The van der Waals surface area contributed by atoms with Crippen LogP contribution >= 0.6 is 0 Å². The van der Waals surface area contributed by atoms with E-state index in [-0.39, 0.29) is 29.2 Å². The van der Waals surface area contributed by atoms with Crippen molar-refractivity contribution >= 4 is 10.0 Å². The zero-order valence-electron chi connectivity index (χ0n) is 15.7. The van der Waals surface area contributed by atoms with Crippen molar-refractivity contribution in [3.05, 3.63) is 24.4 Å². The summed E-state index contributed by atoms with van der Waals surface area (Å²) in [5.41, 5.74) is 0.0925. The average molecular weight is 396 g/mol. The first-order valence-electron chi connectivity index (χ1n) is 9.90. The Morgan fingerprint density at radius 2 is 2.07 bits per heavy atom. The number of nitrogens with zero attached hydrogens (tertiary/aromatic N) is 3. The highest BCUT2D eigenvalue weighted by atomic mass is 32.2. The molecule has 2 atom stereocenters. The first-order valence-corrected chi connectivity index (χ1v) is 11.3. The normalized spacial score (nSPS) is 29.5. The highest BCUT2D eigenvalue weighted by Crippen LogP contribution is 2.43. The van der Waals surface area contributed by atoms with Gasteiger partial charge in [0.2, 0.25) is 0 Å². The number of hydrogen-bond acceptors (Lipinski definition) is 6. The number of rotatable bonds is 5. The van der Waals surface area contributed by atoms with Gasteiger partial charge in [-0.05, 0) is 56.2 Å². The van der Waals surface area contributed by atoms with E-state index in [4.69, 9.17) is 4.74 Å². The number of aliphatic hydroxyl groups is 1. The van der Waals surface area contributed by atoms with E-state index in [2.05, 4.69) is 9.88 Å². The van der Waals surface area contributed by atoms with E-state index >= 15 is 0 Å².